The molecule has 63 heavy (non-hydrogen) atoms. The summed E-state index contributed by atoms with van der Waals surface area (Å²) in [5, 5.41) is 10.2. The van der Waals surface area contributed by atoms with Gasteiger partial charge in [0, 0.05) is 17.7 Å². The fourth-order valence-corrected chi connectivity index (χ4v) is 11.9. The molecule has 16 heteroatoms. The van der Waals surface area contributed by atoms with Crippen LogP contribution in [0.15, 0.2) is 36.9 Å². The number of ether oxygens (including phenoxy) is 3. The molecule has 2 bridgehead atoms. The third-order valence-corrected chi connectivity index (χ3v) is 17.5. The predicted molar refractivity (Wildman–Crippen MR) is 235 cm³/mol. The molecule has 4 aliphatic carbocycles. The van der Waals surface area contributed by atoms with Crippen LogP contribution in [0.5, 0.6) is 11.6 Å². The molecule has 15 nitrogen and oxygen atoms in total. The van der Waals surface area contributed by atoms with Gasteiger partial charge in [0.05, 0.1) is 22.4 Å². The Morgan fingerprint density at radius 1 is 0.968 bits per heavy atom. The molecule has 4 amide bonds. The van der Waals surface area contributed by atoms with E-state index in [1.54, 1.807) is 13.0 Å². The SMILES string of the molecule is C=C[C@@H]1C[C@]1(NC(=O)[C@@H]1C[C@@H]2CN1C(=O)[C@H](C1(C)CCCCC1)NC(=O)O[C@@H]1C[C@H]1CCCCCc1c(nc3ccccc3c1OC1CCNCC1)O2)C(=O)NS(=O)(=O)C1(C)CC1. The lowest BCUT2D eigenvalue weighted by Crippen LogP contribution is -2.61. The number of fused-ring (bicyclic) bond motifs is 5. The summed E-state index contributed by atoms with van der Waals surface area (Å²) in [4.78, 5) is 64.3. The van der Waals surface area contributed by atoms with Gasteiger partial charge in [-0.05, 0) is 114 Å². The van der Waals surface area contributed by atoms with Crippen molar-refractivity contribution in [2.24, 2.45) is 17.3 Å². The van der Waals surface area contributed by atoms with Crippen LogP contribution in [0.3, 0.4) is 0 Å². The van der Waals surface area contributed by atoms with Crippen LogP contribution in [0.4, 0.5) is 4.79 Å². The summed E-state index contributed by atoms with van der Waals surface area (Å²) in [7, 11) is -4.01. The maximum atomic E-state index is 15.3. The molecule has 1 aromatic carbocycles. The van der Waals surface area contributed by atoms with Crippen molar-refractivity contribution in [1.82, 2.24) is 30.6 Å². The van der Waals surface area contributed by atoms with Crippen LogP contribution < -0.4 is 30.1 Å². The highest BCUT2D eigenvalue weighted by Gasteiger charge is 2.63. The van der Waals surface area contributed by atoms with Gasteiger partial charge in [-0.2, -0.15) is 0 Å². The standard InChI is InChI=1S/C47H64N6O9S/c1-4-30-27-47(30,43(56)52-63(58,59)46(3)21-22-46)51-40(54)36-26-32-28-53(36)42(55)39(45(2)19-11-6-12-20-45)50-44(57)62-37-25-29(37)13-7-5-8-15-34-38(60-31-17-23-48-24-18-31)33-14-9-10-16-35(33)49-41(34)61-32/h4,9-10,14,16,29-32,36-37,39,48H,1,5-8,11-13,15,17-28H2,2-3H3,(H,50,57)(H,51,54)(H,52,56)/t29-,30-,32-,36+,37-,39-,47-/m1/s1. The van der Waals surface area contributed by atoms with E-state index < -0.39 is 73.6 Å². The minimum absolute atomic E-state index is 0.000174. The highest BCUT2D eigenvalue weighted by molar-refractivity contribution is 7.91. The van der Waals surface area contributed by atoms with Crippen LogP contribution >= 0.6 is 0 Å². The van der Waals surface area contributed by atoms with Gasteiger partial charge in [0.1, 0.15) is 41.7 Å². The number of alkyl carbamates (subject to hydrolysis) is 1. The Morgan fingerprint density at radius 3 is 2.44 bits per heavy atom. The molecule has 1 aromatic heterocycles. The first-order chi connectivity index (χ1) is 30.2. The fourth-order valence-electron chi connectivity index (χ4n) is 10.6. The normalized spacial score (nSPS) is 31.9. The smallest absolute Gasteiger partial charge is 0.408 e. The van der Waals surface area contributed by atoms with Crippen molar-refractivity contribution < 1.29 is 41.8 Å². The number of aromatic nitrogens is 1. The molecule has 342 valence electrons. The minimum Gasteiger partial charge on any atom is -0.489 e. The molecule has 0 spiro atoms. The number of piperidine rings is 1. The van der Waals surface area contributed by atoms with E-state index in [0.29, 0.717) is 43.5 Å². The number of rotatable bonds is 9. The molecule has 4 N–H and O–H groups in total. The first kappa shape index (κ1) is 43.8. The van der Waals surface area contributed by atoms with E-state index in [1.165, 1.54) is 4.90 Å². The molecule has 7 aliphatic rings. The topological polar surface area (TPSA) is 194 Å². The molecule has 6 fully saturated rings. The molecule has 2 aromatic rings. The lowest BCUT2D eigenvalue weighted by atomic mass is 9.70. The second-order valence-electron chi connectivity index (χ2n) is 20.0. The van der Waals surface area contributed by atoms with E-state index >= 15 is 4.79 Å². The highest BCUT2D eigenvalue weighted by Crippen LogP contribution is 2.48. The lowest BCUT2D eigenvalue weighted by molar-refractivity contribution is -0.143. The average molecular weight is 889 g/mol. The number of nitrogens with one attached hydrogen (secondary N) is 4. The summed E-state index contributed by atoms with van der Waals surface area (Å²) >= 11 is 0. The number of hydrogen-bond donors (Lipinski definition) is 4. The fraction of sp³-hybridized carbons (Fsp3) is 0.681. The van der Waals surface area contributed by atoms with Crippen molar-refractivity contribution in [2.45, 2.75) is 164 Å². The zero-order valence-electron chi connectivity index (χ0n) is 36.8. The van der Waals surface area contributed by atoms with Crippen LogP contribution in [0, 0.1) is 17.3 Å². The van der Waals surface area contributed by atoms with Gasteiger partial charge < -0.3 is 35.1 Å². The van der Waals surface area contributed by atoms with Gasteiger partial charge in [-0.3, -0.25) is 19.1 Å². The van der Waals surface area contributed by atoms with Crippen molar-refractivity contribution >= 4 is 44.7 Å². The lowest BCUT2D eigenvalue weighted by Gasteiger charge is -2.42. The van der Waals surface area contributed by atoms with Gasteiger partial charge >= 0.3 is 6.09 Å². The van der Waals surface area contributed by atoms with Gasteiger partial charge in [0.15, 0.2) is 0 Å². The largest absolute Gasteiger partial charge is 0.489 e. The number of pyridine rings is 1. The molecule has 4 heterocycles. The van der Waals surface area contributed by atoms with Crippen molar-refractivity contribution in [3.63, 3.8) is 0 Å². The summed E-state index contributed by atoms with van der Waals surface area (Å²) in [6.45, 7) is 9.20. The molecular weight excluding hydrogens is 825 g/mol. The number of para-hydroxylation sites is 1. The minimum atomic E-state index is -4.01. The van der Waals surface area contributed by atoms with Crippen LogP contribution in [0.25, 0.3) is 10.9 Å². The van der Waals surface area contributed by atoms with Crippen LogP contribution in [0.2, 0.25) is 0 Å². The average Bonchev–Trinajstić information content (AvgIpc) is 4.23. The Labute approximate surface area is 370 Å². The van der Waals surface area contributed by atoms with Gasteiger partial charge in [-0.15, -0.1) is 6.58 Å². The third kappa shape index (κ3) is 8.87. The van der Waals surface area contributed by atoms with E-state index in [0.717, 1.165) is 94.0 Å². The number of amides is 4. The van der Waals surface area contributed by atoms with Gasteiger partial charge in [-0.1, -0.05) is 57.2 Å². The summed E-state index contributed by atoms with van der Waals surface area (Å²) in [6, 6.07) is 5.75. The number of nitrogens with zero attached hydrogens (tertiary/aromatic N) is 2. The van der Waals surface area contributed by atoms with E-state index in [-0.39, 0.29) is 37.5 Å². The first-order valence-electron chi connectivity index (χ1n) is 23.5. The van der Waals surface area contributed by atoms with Crippen LogP contribution in [0.1, 0.15) is 122 Å². The summed E-state index contributed by atoms with van der Waals surface area (Å²) in [5.41, 5.74) is -0.616. The number of hydrogen-bond acceptors (Lipinski definition) is 11. The monoisotopic (exact) mass is 888 g/mol. The molecule has 2 saturated heterocycles. The number of sulfonamides is 1. The molecule has 4 saturated carbocycles. The molecule has 7 atom stereocenters. The Balaban J connectivity index is 1.08. The number of benzene rings is 1. The summed E-state index contributed by atoms with van der Waals surface area (Å²) < 4.78 is 47.5. The number of carbonyl (C=O) groups excluding carboxylic acids is 4. The second-order valence-corrected chi connectivity index (χ2v) is 22.2. The maximum Gasteiger partial charge on any atom is 0.408 e. The van der Waals surface area contributed by atoms with Crippen molar-refractivity contribution in [3.8, 4) is 11.6 Å². The van der Waals surface area contributed by atoms with Crippen molar-refractivity contribution in [1.29, 1.82) is 0 Å². The Morgan fingerprint density at radius 2 is 1.71 bits per heavy atom. The zero-order valence-corrected chi connectivity index (χ0v) is 37.6. The van der Waals surface area contributed by atoms with Gasteiger partial charge in [0.25, 0.3) is 5.91 Å². The molecule has 3 aliphatic heterocycles. The highest BCUT2D eigenvalue weighted by atomic mass is 32.2. The van der Waals surface area contributed by atoms with E-state index in [1.807, 2.05) is 31.2 Å². The quantitative estimate of drug-likeness (QED) is 0.238. The van der Waals surface area contributed by atoms with E-state index in [2.05, 4.69) is 27.3 Å². The third-order valence-electron chi connectivity index (χ3n) is 15.3. The molecular formula is C47H64N6O9S. The maximum absolute atomic E-state index is 15.3. The first-order valence-corrected chi connectivity index (χ1v) is 25.0. The van der Waals surface area contributed by atoms with Crippen LogP contribution in [-0.2, 0) is 35.6 Å². The summed E-state index contributed by atoms with van der Waals surface area (Å²) in [5.74, 6) is -0.980. The summed E-state index contributed by atoms with van der Waals surface area (Å²) in [6.07, 6.45) is 12.1. The zero-order chi connectivity index (χ0) is 44.1. The van der Waals surface area contributed by atoms with Crippen molar-refractivity contribution in [2.75, 3.05) is 19.6 Å². The Hall–Kier alpha value is -4.44. The van der Waals surface area contributed by atoms with Gasteiger partial charge in [-0.25, -0.2) is 18.2 Å². The molecule has 0 unspecified atom stereocenters. The van der Waals surface area contributed by atoms with Gasteiger partial charge in [0.2, 0.25) is 27.7 Å². The van der Waals surface area contributed by atoms with E-state index in [4.69, 9.17) is 19.2 Å². The predicted octanol–water partition coefficient (Wildman–Crippen LogP) is 5.34. The van der Waals surface area contributed by atoms with Crippen LogP contribution in [-0.4, -0.2) is 102 Å². The Bertz CT molecular complexity index is 2240. The molecule has 9 rings (SSSR count). The van der Waals surface area contributed by atoms with Crippen molar-refractivity contribution in [3.05, 3.63) is 42.5 Å². The van der Waals surface area contributed by atoms with E-state index in [9.17, 15) is 22.8 Å². The molecule has 0 radical (unpaired) electrons. The second kappa shape index (κ2) is 17.2. The Kier molecular flexibility index (Phi) is 11.9. The number of carbonyl (C=O) groups is 4.